The zero-order valence-corrected chi connectivity index (χ0v) is 20.4. The van der Waals surface area contributed by atoms with Gasteiger partial charge in [0, 0.05) is 23.7 Å². The molecule has 6 heteroatoms. The van der Waals surface area contributed by atoms with Crippen LogP contribution in [0.2, 0.25) is 0 Å². The Morgan fingerprint density at radius 2 is 1.82 bits per heavy atom. The van der Waals surface area contributed by atoms with Crippen LogP contribution in [0.25, 0.3) is 0 Å². The third kappa shape index (κ3) is 5.02. The lowest BCUT2D eigenvalue weighted by Gasteiger charge is -2.56. The lowest BCUT2D eigenvalue weighted by atomic mass is 9.51. The van der Waals surface area contributed by atoms with Crippen molar-refractivity contribution in [2.45, 2.75) is 65.1 Å². The maximum atomic E-state index is 12.9. The number of aliphatic hydroxyl groups is 1. The topological polar surface area (TPSA) is 91.3 Å². The number of rotatable bonds is 6. The summed E-state index contributed by atoms with van der Waals surface area (Å²) < 4.78 is 0. The van der Waals surface area contributed by atoms with Gasteiger partial charge in [0.15, 0.2) is 0 Å². The molecular weight excluding hydrogens is 426 g/mol. The summed E-state index contributed by atoms with van der Waals surface area (Å²) >= 11 is 0. The first-order valence-electron chi connectivity index (χ1n) is 12.5. The number of carbonyl (C=O) groups is 2. The van der Waals surface area contributed by atoms with Gasteiger partial charge in [-0.25, -0.2) is 0 Å². The Kier molecular flexibility index (Phi) is 7.36. The molecule has 0 saturated heterocycles. The van der Waals surface area contributed by atoms with Gasteiger partial charge in [0.1, 0.15) is 0 Å². The van der Waals surface area contributed by atoms with Crippen LogP contribution in [0.15, 0.2) is 54.7 Å². The zero-order chi connectivity index (χ0) is 24.3. The molecule has 7 atom stereocenters. The fourth-order valence-electron chi connectivity index (χ4n) is 6.37. The molecule has 4 rings (SSSR count). The van der Waals surface area contributed by atoms with Crippen LogP contribution in [-0.4, -0.2) is 34.1 Å². The molecular formula is C28H37N3O3. The number of aliphatic hydroxyl groups excluding tert-OH is 1. The highest BCUT2D eigenvalue weighted by Gasteiger charge is 2.53. The molecule has 6 nitrogen and oxygen atoms in total. The molecule has 2 saturated carbocycles. The molecule has 1 aromatic carbocycles. The summed E-state index contributed by atoms with van der Waals surface area (Å²) in [5.41, 5.74) is 1.49. The Balaban J connectivity index is 1.42. The van der Waals surface area contributed by atoms with E-state index < -0.39 is 6.10 Å². The Bertz CT molecular complexity index is 983. The van der Waals surface area contributed by atoms with E-state index in [0.717, 1.165) is 31.4 Å². The van der Waals surface area contributed by atoms with Crippen molar-refractivity contribution in [2.75, 3.05) is 0 Å². The monoisotopic (exact) mass is 463 g/mol. The Hall–Kier alpha value is -2.73. The van der Waals surface area contributed by atoms with E-state index in [4.69, 9.17) is 0 Å². The van der Waals surface area contributed by atoms with Gasteiger partial charge < -0.3 is 15.7 Å². The number of hydrogen-bond donors (Lipinski definition) is 3. The molecule has 0 radical (unpaired) electrons. The number of hydrogen-bond acceptors (Lipinski definition) is 4. The van der Waals surface area contributed by atoms with Crippen LogP contribution in [0.5, 0.6) is 0 Å². The van der Waals surface area contributed by atoms with Crippen LogP contribution in [0.1, 0.15) is 62.5 Å². The van der Waals surface area contributed by atoms with Crippen LogP contribution in [0.3, 0.4) is 0 Å². The normalized spacial score (nSPS) is 31.7. The minimum Gasteiger partial charge on any atom is -0.392 e. The number of benzene rings is 1. The first-order chi connectivity index (χ1) is 16.3. The molecule has 2 aliphatic rings. The number of fused-ring (bicyclic) bond motifs is 1. The number of carbonyl (C=O) groups excluding carboxylic acids is 2. The van der Waals surface area contributed by atoms with Crippen molar-refractivity contribution >= 4 is 11.8 Å². The van der Waals surface area contributed by atoms with E-state index in [-0.39, 0.29) is 46.9 Å². The zero-order valence-electron chi connectivity index (χ0n) is 20.4. The first kappa shape index (κ1) is 24.4. The minimum absolute atomic E-state index is 0.00692. The smallest absolute Gasteiger partial charge is 0.251 e. The SMILES string of the molecule is C[C@H]1[C@@H]2[C@@H](O)[C@@H]([C@H](C)C(=O)NCc3ccccn3)CC[C@@]2(C)CC[C@@H]1NC(=O)c1ccccc1. The third-order valence-electron chi connectivity index (χ3n) is 8.47. The maximum absolute atomic E-state index is 12.9. The number of amides is 2. The van der Waals surface area contributed by atoms with E-state index >= 15 is 0 Å². The van der Waals surface area contributed by atoms with Gasteiger partial charge in [-0.15, -0.1) is 0 Å². The van der Waals surface area contributed by atoms with E-state index in [1.807, 2.05) is 55.5 Å². The van der Waals surface area contributed by atoms with Crippen molar-refractivity contribution in [3.8, 4) is 0 Å². The van der Waals surface area contributed by atoms with Gasteiger partial charge in [-0.3, -0.25) is 14.6 Å². The molecule has 2 fully saturated rings. The predicted octanol–water partition coefficient (Wildman–Crippen LogP) is 3.96. The fraction of sp³-hybridized carbons (Fsp3) is 0.536. The molecule has 2 aliphatic carbocycles. The highest BCUT2D eigenvalue weighted by atomic mass is 16.3. The number of pyridine rings is 1. The quantitative estimate of drug-likeness (QED) is 0.605. The van der Waals surface area contributed by atoms with Crippen LogP contribution in [0.4, 0.5) is 0 Å². The molecule has 2 amide bonds. The third-order valence-corrected chi connectivity index (χ3v) is 8.47. The van der Waals surface area contributed by atoms with Gasteiger partial charge in [-0.1, -0.05) is 45.0 Å². The van der Waals surface area contributed by atoms with Crippen LogP contribution in [0, 0.1) is 29.1 Å². The van der Waals surface area contributed by atoms with Crippen LogP contribution >= 0.6 is 0 Å². The average molecular weight is 464 g/mol. The standard InChI is InChI=1S/C28H37N3O3/c1-18(26(33)30-17-21-11-7-8-16-29-21)22-12-14-28(3)15-13-23(19(2)24(28)25(22)32)31-27(34)20-9-5-4-6-10-20/h4-11,16,18-19,22-25,32H,12-15,17H2,1-3H3,(H,30,33)(H,31,34)/t18-,19+,22+,23-,24+,25-,28-/m0/s1. The fourth-order valence-corrected chi connectivity index (χ4v) is 6.37. The second kappa shape index (κ2) is 10.3. The van der Waals surface area contributed by atoms with E-state index in [2.05, 4.69) is 29.5 Å². The molecule has 1 aromatic heterocycles. The first-order valence-corrected chi connectivity index (χ1v) is 12.5. The minimum atomic E-state index is -0.583. The van der Waals surface area contributed by atoms with E-state index in [0.29, 0.717) is 12.1 Å². The number of aromatic nitrogens is 1. The predicted molar refractivity (Wildman–Crippen MR) is 132 cm³/mol. The van der Waals surface area contributed by atoms with Gasteiger partial charge in [-0.05, 0) is 73.1 Å². The summed E-state index contributed by atoms with van der Waals surface area (Å²) in [7, 11) is 0. The Labute approximate surface area is 202 Å². The molecule has 0 aliphatic heterocycles. The Morgan fingerprint density at radius 3 is 2.53 bits per heavy atom. The maximum Gasteiger partial charge on any atom is 0.251 e. The molecule has 0 bridgehead atoms. The Morgan fingerprint density at radius 1 is 1.12 bits per heavy atom. The average Bonchev–Trinajstić information content (AvgIpc) is 2.85. The number of nitrogens with one attached hydrogen (secondary N) is 2. The molecule has 1 heterocycles. The van der Waals surface area contributed by atoms with E-state index in [1.54, 1.807) is 6.20 Å². The van der Waals surface area contributed by atoms with Gasteiger partial charge in [0.05, 0.1) is 18.3 Å². The molecule has 3 N–H and O–H groups in total. The van der Waals surface area contributed by atoms with Gasteiger partial charge in [-0.2, -0.15) is 0 Å². The summed E-state index contributed by atoms with van der Waals surface area (Å²) in [5, 5.41) is 17.8. The van der Waals surface area contributed by atoms with Crippen LogP contribution in [-0.2, 0) is 11.3 Å². The second-order valence-corrected chi connectivity index (χ2v) is 10.5. The summed E-state index contributed by atoms with van der Waals surface area (Å²) in [6, 6.07) is 14.9. The lowest BCUT2D eigenvalue weighted by Crippen LogP contribution is -2.58. The van der Waals surface area contributed by atoms with Crippen molar-refractivity contribution in [1.29, 1.82) is 0 Å². The van der Waals surface area contributed by atoms with Crippen molar-refractivity contribution in [2.24, 2.45) is 29.1 Å². The largest absolute Gasteiger partial charge is 0.392 e. The lowest BCUT2D eigenvalue weighted by molar-refractivity contribution is -0.142. The molecule has 182 valence electrons. The summed E-state index contributed by atoms with van der Waals surface area (Å²) in [5.74, 6) is -0.358. The molecule has 0 unspecified atom stereocenters. The van der Waals surface area contributed by atoms with E-state index in [9.17, 15) is 14.7 Å². The van der Waals surface area contributed by atoms with E-state index in [1.165, 1.54) is 0 Å². The van der Waals surface area contributed by atoms with Crippen molar-refractivity contribution in [1.82, 2.24) is 15.6 Å². The van der Waals surface area contributed by atoms with Crippen molar-refractivity contribution in [3.05, 3.63) is 66.0 Å². The van der Waals surface area contributed by atoms with Crippen LogP contribution < -0.4 is 10.6 Å². The highest BCUT2D eigenvalue weighted by Crippen LogP contribution is 2.55. The molecule has 34 heavy (non-hydrogen) atoms. The van der Waals surface area contributed by atoms with Gasteiger partial charge >= 0.3 is 0 Å². The molecule has 0 spiro atoms. The van der Waals surface area contributed by atoms with Crippen molar-refractivity contribution in [3.63, 3.8) is 0 Å². The number of nitrogens with zero attached hydrogens (tertiary/aromatic N) is 1. The summed E-state index contributed by atoms with van der Waals surface area (Å²) in [6.07, 6.45) is 4.83. The second-order valence-electron chi connectivity index (χ2n) is 10.5. The summed E-state index contributed by atoms with van der Waals surface area (Å²) in [4.78, 5) is 30.0. The molecule has 2 aromatic rings. The van der Waals surface area contributed by atoms with Gasteiger partial charge in [0.2, 0.25) is 5.91 Å². The highest BCUT2D eigenvalue weighted by molar-refractivity contribution is 5.94. The summed E-state index contributed by atoms with van der Waals surface area (Å²) in [6.45, 7) is 6.73. The van der Waals surface area contributed by atoms with Crippen molar-refractivity contribution < 1.29 is 14.7 Å². The van der Waals surface area contributed by atoms with Gasteiger partial charge in [0.25, 0.3) is 5.91 Å².